The molecule has 0 atom stereocenters. The van der Waals surface area contributed by atoms with E-state index in [0.29, 0.717) is 50.7 Å². The van der Waals surface area contributed by atoms with Gasteiger partial charge in [-0.2, -0.15) is 15.0 Å². The number of hydrogen-bond acceptors (Lipinski definition) is 10. The van der Waals surface area contributed by atoms with Crippen molar-refractivity contribution in [2.75, 3.05) is 55.5 Å². The van der Waals surface area contributed by atoms with E-state index in [1.165, 1.54) is 12.1 Å². The molecular formula is C27H34F3N7O4. The molecule has 14 heteroatoms. The number of carbonyl (C=O) groups is 1. The highest BCUT2D eigenvalue weighted by atomic mass is 19.1. The molecule has 2 aromatic carbocycles. The summed E-state index contributed by atoms with van der Waals surface area (Å²) in [5, 5.41) is 20.9. The van der Waals surface area contributed by atoms with E-state index < -0.39 is 17.4 Å². The van der Waals surface area contributed by atoms with Crippen LogP contribution in [0.1, 0.15) is 30.9 Å². The third-order valence-electron chi connectivity index (χ3n) is 5.45. The molecule has 0 aliphatic carbocycles. The number of phenolic OH excluding ortho intramolecular Hbond substituents is 1. The summed E-state index contributed by atoms with van der Waals surface area (Å²) in [4.78, 5) is 24.9. The minimum atomic E-state index is -1.09. The molecule has 1 heterocycles. The molecule has 0 saturated carbocycles. The molecule has 5 N–H and O–H groups in total. The van der Waals surface area contributed by atoms with Crippen LogP contribution >= 0.6 is 0 Å². The number of anilines is 3. The number of nitrogens with zero attached hydrogens (tertiary/aromatic N) is 3. The number of nitrogens with one attached hydrogen (secondary N) is 4. The molecule has 0 radical (unpaired) electrons. The van der Waals surface area contributed by atoms with E-state index in [9.17, 15) is 18.0 Å². The fourth-order valence-corrected chi connectivity index (χ4v) is 3.41. The Morgan fingerprint density at radius 1 is 0.805 bits per heavy atom. The van der Waals surface area contributed by atoms with Gasteiger partial charge in [0.1, 0.15) is 5.82 Å². The predicted octanol–water partition coefficient (Wildman–Crippen LogP) is 3.58. The van der Waals surface area contributed by atoms with E-state index in [2.05, 4.69) is 36.2 Å². The van der Waals surface area contributed by atoms with Crippen molar-refractivity contribution in [3.05, 3.63) is 65.0 Å². The molecule has 1 aromatic heterocycles. The van der Waals surface area contributed by atoms with E-state index in [4.69, 9.17) is 14.6 Å². The van der Waals surface area contributed by atoms with Crippen LogP contribution in [0, 0.1) is 17.5 Å². The Morgan fingerprint density at radius 2 is 1.44 bits per heavy atom. The van der Waals surface area contributed by atoms with Gasteiger partial charge >= 0.3 is 0 Å². The lowest BCUT2D eigenvalue weighted by Crippen LogP contribution is -2.24. The van der Waals surface area contributed by atoms with E-state index >= 15 is 0 Å². The van der Waals surface area contributed by atoms with Gasteiger partial charge in [0.15, 0.2) is 17.4 Å². The van der Waals surface area contributed by atoms with Crippen molar-refractivity contribution in [3.8, 4) is 5.75 Å². The van der Waals surface area contributed by atoms with Crippen LogP contribution < -0.4 is 21.3 Å². The van der Waals surface area contributed by atoms with Crippen molar-refractivity contribution in [1.82, 2.24) is 20.3 Å². The second kappa shape index (κ2) is 16.8. The maximum Gasteiger partial charge on any atom is 0.229 e. The maximum atomic E-state index is 13.4. The number of phenols is 1. The van der Waals surface area contributed by atoms with Gasteiger partial charge < -0.3 is 35.8 Å². The number of amides is 1. The number of aromatic hydroxyl groups is 1. The van der Waals surface area contributed by atoms with Crippen molar-refractivity contribution < 1.29 is 32.5 Å². The molecule has 0 saturated heterocycles. The van der Waals surface area contributed by atoms with Gasteiger partial charge in [-0.1, -0.05) is 19.1 Å². The molecule has 222 valence electrons. The van der Waals surface area contributed by atoms with Crippen molar-refractivity contribution in [2.45, 2.75) is 32.9 Å². The van der Waals surface area contributed by atoms with Crippen LogP contribution in [0.5, 0.6) is 5.75 Å². The number of rotatable bonds is 18. The summed E-state index contributed by atoms with van der Waals surface area (Å²) in [5.41, 5.74) is 0.942. The molecule has 11 nitrogen and oxygen atoms in total. The Bertz CT molecular complexity index is 1250. The lowest BCUT2D eigenvalue weighted by molar-refractivity contribution is -0.122. The maximum absolute atomic E-state index is 13.4. The van der Waals surface area contributed by atoms with E-state index in [0.717, 1.165) is 24.1 Å². The summed E-state index contributed by atoms with van der Waals surface area (Å²) < 4.78 is 51.1. The topological polar surface area (TPSA) is 143 Å². The van der Waals surface area contributed by atoms with Gasteiger partial charge in [0.2, 0.25) is 23.8 Å². The van der Waals surface area contributed by atoms with Gasteiger partial charge in [0.05, 0.1) is 26.4 Å². The summed E-state index contributed by atoms with van der Waals surface area (Å²) in [6.45, 7) is 4.47. The quantitative estimate of drug-likeness (QED) is 0.142. The van der Waals surface area contributed by atoms with Gasteiger partial charge in [-0.15, -0.1) is 0 Å². The number of benzene rings is 2. The monoisotopic (exact) mass is 577 g/mol. The molecule has 0 aliphatic heterocycles. The average Bonchev–Trinajstić information content (AvgIpc) is 2.95. The molecule has 0 bridgehead atoms. The Hall–Kier alpha value is -4.17. The van der Waals surface area contributed by atoms with Gasteiger partial charge in [-0.25, -0.2) is 13.2 Å². The highest BCUT2D eigenvalue weighted by Gasteiger charge is 2.11. The molecule has 3 rings (SSSR count). The first-order valence-corrected chi connectivity index (χ1v) is 13.1. The average molecular weight is 578 g/mol. The summed E-state index contributed by atoms with van der Waals surface area (Å²) >= 11 is 0. The van der Waals surface area contributed by atoms with Gasteiger partial charge in [0.25, 0.3) is 0 Å². The largest absolute Gasteiger partial charge is 0.503 e. The van der Waals surface area contributed by atoms with Crippen molar-refractivity contribution in [3.63, 3.8) is 0 Å². The normalized spacial score (nSPS) is 10.8. The zero-order valence-corrected chi connectivity index (χ0v) is 22.7. The lowest BCUT2D eigenvalue weighted by Gasteiger charge is -2.11. The van der Waals surface area contributed by atoms with Gasteiger partial charge in [-0.05, 0) is 41.8 Å². The Labute approximate surface area is 235 Å². The fraction of sp³-hybridized carbons (Fsp3) is 0.407. The zero-order chi connectivity index (χ0) is 29.5. The van der Waals surface area contributed by atoms with E-state index in [1.807, 2.05) is 6.92 Å². The number of carbonyl (C=O) groups excluding carboxylic acids is 1. The zero-order valence-electron chi connectivity index (χ0n) is 22.7. The van der Waals surface area contributed by atoms with Crippen LogP contribution in [-0.4, -0.2) is 65.5 Å². The number of hydrogen-bond donors (Lipinski definition) is 5. The summed E-state index contributed by atoms with van der Waals surface area (Å²) in [7, 11) is 0. The van der Waals surface area contributed by atoms with Gasteiger partial charge in [-0.3, -0.25) is 4.79 Å². The number of halogens is 3. The molecule has 0 unspecified atom stereocenters. The number of ether oxygens (including phenoxy) is 2. The van der Waals surface area contributed by atoms with Crippen LogP contribution in [-0.2, 0) is 27.4 Å². The molecule has 0 aliphatic rings. The van der Waals surface area contributed by atoms with Crippen LogP contribution in [0.4, 0.5) is 31.0 Å². The van der Waals surface area contributed by atoms with Crippen LogP contribution in [0.25, 0.3) is 0 Å². The fourth-order valence-electron chi connectivity index (χ4n) is 3.41. The first-order valence-electron chi connectivity index (χ1n) is 13.1. The van der Waals surface area contributed by atoms with Crippen LogP contribution in [0.3, 0.4) is 0 Å². The minimum Gasteiger partial charge on any atom is -0.503 e. The van der Waals surface area contributed by atoms with Gasteiger partial charge in [0, 0.05) is 32.6 Å². The second-order valence-corrected chi connectivity index (χ2v) is 8.80. The highest BCUT2D eigenvalue weighted by molar-refractivity contribution is 5.75. The molecule has 3 aromatic rings. The van der Waals surface area contributed by atoms with Crippen molar-refractivity contribution in [2.24, 2.45) is 0 Å². The predicted molar refractivity (Wildman–Crippen MR) is 147 cm³/mol. The molecule has 1 amide bonds. The van der Waals surface area contributed by atoms with E-state index in [1.54, 1.807) is 12.1 Å². The summed E-state index contributed by atoms with van der Waals surface area (Å²) in [5.74, 6) is -2.79. The Kier molecular flexibility index (Phi) is 12.9. The first-order chi connectivity index (χ1) is 19.8. The SMILES string of the molecule is CCCNc1nc(NCCOCCOCCC(=O)NCc2cc(F)c(O)c(F)c2)nc(NCc2cccc(F)c2)n1. The lowest BCUT2D eigenvalue weighted by atomic mass is 10.2. The standard InChI is InChI=1S/C27H34F3N7O4/c1-2-7-31-25-35-26(37-27(36-25)34-16-18-4-3-5-20(28)13-18)32-8-10-41-12-11-40-9-6-23(38)33-17-19-14-21(29)24(39)22(30)15-19/h3-5,13-15,39H,2,6-12,16-17H2,1H3,(H,33,38)(H3,31,32,34,35,36,37). The molecular weight excluding hydrogens is 543 g/mol. The highest BCUT2D eigenvalue weighted by Crippen LogP contribution is 2.21. The Balaban J connectivity index is 1.30. The third kappa shape index (κ3) is 11.5. The molecule has 0 spiro atoms. The summed E-state index contributed by atoms with van der Waals surface area (Å²) in [6, 6.07) is 8.16. The number of aromatic nitrogens is 3. The molecule has 0 fully saturated rings. The summed E-state index contributed by atoms with van der Waals surface area (Å²) in [6.07, 6.45) is 0.956. The minimum absolute atomic E-state index is 0.0635. The first kappa shape index (κ1) is 31.4. The Morgan fingerprint density at radius 3 is 2.10 bits per heavy atom. The van der Waals surface area contributed by atoms with E-state index in [-0.39, 0.29) is 43.5 Å². The van der Waals surface area contributed by atoms with Crippen LogP contribution in [0.15, 0.2) is 36.4 Å². The molecule has 41 heavy (non-hydrogen) atoms. The van der Waals surface area contributed by atoms with Crippen LogP contribution in [0.2, 0.25) is 0 Å². The van der Waals surface area contributed by atoms with Crippen molar-refractivity contribution >= 4 is 23.8 Å². The smallest absolute Gasteiger partial charge is 0.229 e. The van der Waals surface area contributed by atoms with Crippen molar-refractivity contribution in [1.29, 1.82) is 0 Å². The second-order valence-electron chi connectivity index (χ2n) is 8.80. The third-order valence-corrected chi connectivity index (χ3v) is 5.45.